The van der Waals surface area contributed by atoms with Gasteiger partial charge in [-0.15, -0.1) is 11.3 Å². The van der Waals surface area contributed by atoms with Gasteiger partial charge in [-0.2, -0.15) is 11.8 Å². The summed E-state index contributed by atoms with van der Waals surface area (Å²) in [6, 6.07) is 2.35. The second kappa shape index (κ2) is 5.97. The highest BCUT2D eigenvalue weighted by Gasteiger charge is 2.13. The van der Waals surface area contributed by atoms with Gasteiger partial charge in [-0.05, 0) is 23.8 Å². The molecule has 100 valence electrons. The maximum absolute atomic E-state index is 4.71. The molecule has 1 aromatic heterocycles. The number of aliphatic imine (C=N–C) groups is 1. The molecule has 1 aliphatic rings. The minimum atomic E-state index is 0.800. The lowest BCUT2D eigenvalue weighted by Crippen LogP contribution is -2.35. The van der Waals surface area contributed by atoms with Crippen LogP contribution in [0.25, 0.3) is 0 Å². The quantitative estimate of drug-likeness (QED) is 0.614. The van der Waals surface area contributed by atoms with E-state index in [0.29, 0.717) is 0 Å². The van der Waals surface area contributed by atoms with Crippen LogP contribution in [-0.2, 0) is 18.7 Å². The van der Waals surface area contributed by atoms with Crippen molar-refractivity contribution in [1.82, 2.24) is 9.80 Å². The Hall–Kier alpha value is -0.680. The molecule has 3 nitrogen and oxygen atoms in total. The molecular weight excluding hydrogens is 262 g/mol. The molecule has 0 fully saturated rings. The average Bonchev–Trinajstić information content (AvgIpc) is 2.70. The Balaban J connectivity index is 2.09. The SMILES string of the molecule is CN(C)C(=NCc1cc2c(s1)CCSC2)N(C)C. The molecule has 1 aromatic rings. The van der Waals surface area contributed by atoms with Crippen molar-refractivity contribution in [2.75, 3.05) is 33.9 Å². The van der Waals surface area contributed by atoms with Crippen molar-refractivity contribution < 1.29 is 0 Å². The summed E-state index contributed by atoms with van der Waals surface area (Å²) in [6.07, 6.45) is 1.24. The van der Waals surface area contributed by atoms with Gasteiger partial charge in [-0.1, -0.05) is 0 Å². The lowest BCUT2D eigenvalue weighted by atomic mass is 10.2. The molecular formula is C13H21N3S2. The summed E-state index contributed by atoms with van der Waals surface area (Å²) in [7, 11) is 8.15. The fourth-order valence-electron chi connectivity index (χ4n) is 2.12. The third-order valence-electron chi connectivity index (χ3n) is 2.86. The topological polar surface area (TPSA) is 18.8 Å². The van der Waals surface area contributed by atoms with E-state index in [0.717, 1.165) is 12.5 Å². The van der Waals surface area contributed by atoms with Crippen molar-refractivity contribution in [3.05, 3.63) is 21.4 Å². The number of hydrogen-bond acceptors (Lipinski definition) is 3. The Morgan fingerprint density at radius 3 is 2.61 bits per heavy atom. The summed E-state index contributed by atoms with van der Waals surface area (Å²) in [5.41, 5.74) is 1.54. The van der Waals surface area contributed by atoms with Gasteiger partial charge in [0.05, 0.1) is 6.54 Å². The lowest BCUT2D eigenvalue weighted by molar-refractivity contribution is 0.479. The molecule has 0 aromatic carbocycles. The number of nitrogens with zero attached hydrogens (tertiary/aromatic N) is 3. The van der Waals surface area contributed by atoms with E-state index in [1.807, 2.05) is 51.3 Å². The zero-order chi connectivity index (χ0) is 13.1. The number of thiophene rings is 1. The number of aryl methyl sites for hydroxylation is 1. The van der Waals surface area contributed by atoms with Gasteiger partial charge in [0, 0.05) is 43.7 Å². The van der Waals surface area contributed by atoms with Crippen LogP contribution < -0.4 is 0 Å². The Kier molecular flexibility index (Phi) is 4.56. The van der Waals surface area contributed by atoms with Crippen molar-refractivity contribution in [1.29, 1.82) is 0 Å². The summed E-state index contributed by atoms with van der Waals surface area (Å²) in [5.74, 6) is 3.48. The van der Waals surface area contributed by atoms with Crippen molar-refractivity contribution in [3.8, 4) is 0 Å². The summed E-state index contributed by atoms with van der Waals surface area (Å²) < 4.78 is 0. The molecule has 0 bridgehead atoms. The average molecular weight is 283 g/mol. The van der Waals surface area contributed by atoms with Crippen molar-refractivity contribution in [3.63, 3.8) is 0 Å². The maximum Gasteiger partial charge on any atom is 0.195 e. The number of rotatable bonds is 2. The molecule has 1 aliphatic heterocycles. The van der Waals surface area contributed by atoms with Crippen molar-refractivity contribution in [2.45, 2.75) is 18.7 Å². The van der Waals surface area contributed by atoms with E-state index < -0.39 is 0 Å². The monoisotopic (exact) mass is 283 g/mol. The summed E-state index contributed by atoms with van der Waals surface area (Å²) in [6.45, 7) is 0.800. The van der Waals surface area contributed by atoms with Gasteiger partial charge in [0.2, 0.25) is 0 Å². The second-order valence-corrected chi connectivity index (χ2v) is 7.20. The number of fused-ring (bicyclic) bond motifs is 1. The minimum absolute atomic E-state index is 0.800. The van der Waals surface area contributed by atoms with E-state index in [9.17, 15) is 0 Å². The maximum atomic E-state index is 4.71. The van der Waals surface area contributed by atoms with E-state index in [1.165, 1.54) is 28.4 Å². The van der Waals surface area contributed by atoms with E-state index in [-0.39, 0.29) is 0 Å². The first-order chi connectivity index (χ1) is 8.58. The number of hydrogen-bond donors (Lipinski definition) is 0. The van der Waals surface area contributed by atoms with Crippen molar-refractivity contribution >= 4 is 29.1 Å². The third kappa shape index (κ3) is 3.20. The normalized spacial score (nSPS) is 14.0. The highest BCUT2D eigenvalue weighted by Crippen LogP contribution is 2.31. The Morgan fingerprint density at radius 1 is 1.28 bits per heavy atom. The summed E-state index contributed by atoms with van der Waals surface area (Å²) >= 11 is 3.98. The molecule has 0 N–H and O–H groups in total. The zero-order valence-electron chi connectivity index (χ0n) is 11.6. The Bertz CT molecular complexity index is 402. The van der Waals surface area contributed by atoms with Crippen LogP contribution in [0.5, 0.6) is 0 Å². The molecule has 0 saturated heterocycles. The van der Waals surface area contributed by atoms with Gasteiger partial charge in [-0.25, -0.2) is 4.99 Å². The fraction of sp³-hybridized carbons (Fsp3) is 0.615. The first-order valence-corrected chi connectivity index (χ1v) is 8.12. The number of thioether (sulfide) groups is 1. The van der Waals surface area contributed by atoms with Gasteiger partial charge < -0.3 is 9.80 Å². The predicted octanol–water partition coefficient (Wildman–Crippen LogP) is 2.52. The van der Waals surface area contributed by atoms with E-state index >= 15 is 0 Å². The first kappa shape index (κ1) is 13.7. The van der Waals surface area contributed by atoms with Crippen LogP contribution in [0, 0.1) is 0 Å². The zero-order valence-corrected chi connectivity index (χ0v) is 13.2. The van der Waals surface area contributed by atoms with Gasteiger partial charge in [0.25, 0.3) is 0 Å². The predicted molar refractivity (Wildman–Crippen MR) is 82.7 cm³/mol. The van der Waals surface area contributed by atoms with E-state index in [2.05, 4.69) is 15.9 Å². The molecule has 18 heavy (non-hydrogen) atoms. The number of guanidine groups is 1. The highest BCUT2D eigenvalue weighted by molar-refractivity contribution is 7.98. The summed E-state index contributed by atoms with van der Waals surface area (Å²) in [5, 5.41) is 0. The molecule has 5 heteroatoms. The largest absolute Gasteiger partial charge is 0.349 e. The molecule has 0 saturated carbocycles. The van der Waals surface area contributed by atoms with E-state index in [4.69, 9.17) is 4.99 Å². The molecule has 0 atom stereocenters. The first-order valence-electron chi connectivity index (χ1n) is 6.15. The molecule has 0 aliphatic carbocycles. The van der Waals surface area contributed by atoms with Gasteiger partial charge in [0.1, 0.15) is 0 Å². The van der Waals surface area contributed by atoms with Crippen LogP contribution >= 0.6 is 23.1 Å². The van der Waals surface area contributed by atoms with E-state index in [1.54, 1.807) is 4.88 Å². The van der Waals surface area contributed by atoms with Crippen LogP contribution in [0.3, 0.4) is 0 Å². The lowest BCUT2D eigenvalue weighted by Gasteiger charge is -2.22. The Morgan fingerprint density at radius 2 is 2.00 bits per heavy atom. The van der Waals surface area contributed by atoms with Crippen molar-refractivity contribution in [2.24, 2.45) is 4.99 Å². The van der Waals surface area contributed by atoms with Gasteiger partial charge in [-0.3, -0.25) is 0 Å². The third-order valence-corrected chi connectivity index (χ3v) is 5.08. The van der Waals surface area contributed by atoms with Crippen LogP contribution in [0.15, 0.2) is 11.1 Å². The Labute approximate surface area is 118 Å². The fourth-order valence-corrected chi connectivity index (χ4v) is 4.42. The van der Waals surface area contributed by atoms with Gasteiger partial charge in [0.15, 0.2) is 5.96 Å². The second-order valence-electron chi connectivity index (χ2n) is 4.87. The molecule has 0 spiro atoms. The highest BCUT2D eigenvalue weighted by atomic mass is 32.2. The molecule has 2 rings (SSSR count). The van der Waals surface area contributed by atoms with Crippen LogP contribution in [0.4, 0.5) is 0 Å². The molecule has 0 unspecified atom stereocenters. The molecule has 0 radical (unpaired) electrons. The summed E-state index contributed by atoms with van der Waals surface area (Å²) in [4.78, 5) is 11.8. The van der Waals surface area contributed by atoms with Gasteiger partial charge >= 0.3 is 0 Å². The molecule has 2 heterocycles. The van der Waals surface area contributed by atoms with Crippen LogP contribution in [0.2, 0.25) is 0 Å². The smallest absolute Gasteiger partial charge is 0.195 e. The standard InChI is InChI=1S/C13H21N3S2/c1-15(2)13(16(3)4)14-8-11-7-10-9-17-6-5-12(10)18-11/h7H,5-6,8-9H2,1-4H3. The van der Waals surface area contributed by atoms with Crippen LogP contribution in [-0.4, -0.2) is 49.7 Å². The molecule has 0 amide bonds. The van der Waals surface area contributed by atoms with Crippen LogP contribution in [0.1, 0.15) is 15.3 Å². The minimum Gasteiger partial charge on any atom is -0.349 e.